The van der Waals surface area contributed by atoms with Crippen LogP contribution in [0.15, 0.2) is 11.8 Å². The molecule has 0 unspecified atom stereocenters. The van der Waals surface area contributed by atoms with Crippen LogP contribution in [0, 0.1) is 0 Å². The molecule has 0 atom stereocenters. The van der Waals surface area contributed by atoms with Gasteiger partial charge in [-0.3, -0.25) is 5.32 Å². The number of carbonyl (C=O) groups excluding carboxylic acids is 1. The fourth-order valence-electron chi connectivity index (χ4n) is 0.314. The maximum Gasteiger partial charge on any atom is 0.430 e. The summed E-state index contributed by atoms with van der Waals surface area (Å²) in [7, 11) is 0. The first-order valence-corrected chi connectivity index (χ1v) is 2.19. The van der Waals surface area contributed by atoms with E-state index in [1.165, 1.54) is 0 Å². The van der Waals surface area contributed by atoms with Gasteiger partial charge in [0.15, 0.2) is 0 Å². The Hall–Kier alpha value is -1.03. The molecule has 8 heavy (non-hydrogen) atoms. The van der Waals surface area contributed by atoms with Crippen molar-refractivity contribution >= 4 is 6.09 Å². The fourth-order valence-corrected chi connectivity index (χ4v) is 0.314. The standard InChI is InChI=1S/C4H6N2O2/c5-8-4(7)6-3-1-2-3/h1H,2,5H2,(H,6,7). The SMILES string of the molecule is NOC(=O)NC1=CC1. The Morgan fingerprint density at radius 1 is 2.00 bits per heavy atom. The molecular weight excluding hydrogens is 108 g/mol. The van der Waals surface area contributed by atoms with Crippen LogP contribution >= 0.6 is 0 Å². The van der Waals surface area contributed by atoms with E-state index in [-0.39, 0.29) is 0 Å². The Kier molecular flexibility index (Phi) is 1.17. The summed E-state index contributed by atoms with van der Waals surface area (Å²) in [5, 5.41) is 2.38. The zero-order valence-electron chi connectivity index (χ0n) is 4.18. The molecule has 0 heterocycles. The zero-order valence-corrected chi connectivity index (χ0v) is 4.18. The molecule has 1 rings (SSSR count). The summed E-state index contributed by atoms with van der Waals surface area (Å²) < 4.78 is 0. The van der Waals surface area contributed by atoms with Gasteiger partial charge in [0.25, 0.3) is 0 Å². The maximum absolute atomic E-state index is 10.2. The third-order valence-corrected chi connectivity index (χ3v) is 0.778. The van der Waals surface area contributed by atoms with Gasteiger partial charge in [0.2, 0.25) is 0 Å². The summed E-state index contributed by atoms with van der Waals surface area (Å²) in [5.41, 5.74) is 0.875. The minimum Gasteiger partial charge on any atom is -0.357 e. The molecule has 0 radical (unpaired) electrons. The summed E-state index contributed by atoms with van der Waals surface area (Å²) in [5.74, 6) is 4.51. The summed E-state index contributed by atoms with van der Waals surface area (Å²) in [4.78, 5) is 14.0. The highest BCUT2D eigenvalue weighted by Gasteiger charge is 2.10. The van der Waals surface area contributed by atoms with Crippen LogP contribution in [0.3, 0.4) is 0 Å². The monoisotopic (exact) mass is 114 g/mol. The van der Waals surface area contributed by atoms with Crippen LogP contribution in [0.25, 0.3) is 0 Å². The number of rotatable bonds is 1. The fraction of sp³-hybridized carbons (Fsp3) is 0.250. The Morgan fingerprint density at radius 3 is 3.00 bits per heavy atom. The lowest BCUT2D eigenvalue weighted by molar-refractivity contribution is 0.151. The molecule has 44 valence electrons. The number of hydrogen-bond donors (Lipinski definition) is 2. The van der Waals surface area contributed by atoms with E-state index in [2.05, 4.69) is 16.1 Å². The summed E-state index contributed by atoms with van der Waals surface area (Å²) in [6, 6.07) is 0. The van der Waals surface area contributed by atoms with Gasteiger partial charge < -0.3 is 4.84 Å². The predicted molar refractivity (Wildman–Crippen MR) is 26.5 cm³/mol. The number of hydrogen-bond acceptors (Lipinski definition) is 3. The van der Waals surface area contributed by atoms with Crippen molar-refractivity contribution in [3.8, 4) is 0 Å². The van der Waals surface area contributed by atoms with Crippen LogP contribution < -0.4 is 11.2 Å². The first kappa shape index (κ1) is 5.11. The van der Waals surface area contributed by atoms with Crippen molar-refractivity contribution in [1.82, 2.24) is 5.32 Å². The minimum absolute atomic E-state index is 0.603. The van der Waals surface area contributed by atoms with E-state index < -0.39 is 6.09 Å². The summed E-state index contributed by atoms with van der Waals surface area (Å²) in [6.45, 7) is 0. The van der Waals surface area contributed by atoms with Gasteiger partial charge in [0.05, 0.1) is 0 Å². The molecule has 0 saturated carbocycles. The molecule has 4 nitrogen and oxygen atoms in total. The minimum atomic E-state index is -0.603. The molecular formula is C4H6N2O2. The molecule has 1 aliphatic carbocycles. The molecule has 1 amide bonds. The predicted octanol–water partition coefficient (Wildman–Crippen LogP) is -0.126. The topological polar surface area (TPSA) is 64.3 Å². The number of nitrogens with one attached hydrogen (secondary N) is 1. The molecule has 4 heteroatoms. The third kappa shape index (κ3) is 1.23. The number of nitrogens with two attached hydrogens (primary N) is 1. The first-order chi connectivity index (χ1) is 3.83. The number of carbonyl (C=O) groups is 1. The highest BCUT2D eigenvalue weighted by atomic mass is 16.7. The van der Waals surface area contributed by atoms with Crippen LogP contribution in [-0.2, 0) is 4.84 Å². The van der Waals surface area contributed by atoms with Crippen LogP contribution in [0.4, 0.5) is 4.79 Å². The Labute approximate surface area is 46.3 Å². The molecule has 0 spiro atoms. The number of allylic oxidation sites excluding steroid dienone is 2. The Morgan fingerprint density at radius 2 is 2.62 bits per heavy atom. The highest BCUT2D eigenvalue weighted by molar-refractivity contribution is 5.70. The van der Waals surface area contributed by atoms with E-state index >= 15 is 0 Å². The van der Waals surface area contributed by atoms with Crippen molar-refractivity contribution in [2.24, 2.45) is 5.90 Å². The van der Waals surface area contributed by atoms with Crippen molar-refractivity contribution in [3.05, 3.63) is 11.8 Å². The molecule has 0 aromatic rings. The van der Waals surface area contributed by atoms with Crippen LogP contribution in [-0.4, -0.2) is 6.09 Å². The van der Waals surface area contributed by atoms with E-state index in [4.69, 9.17) is 0 Å². The van der Waals surface area contributed by atoms with Crippen molar-refractivity contribution < 1.29 is 9.63 Å². The van der Waals surface area contributed by atoms with Crippen molar-refractivity contribution in [2.45, 2.75) is 6.42 Å². The van der Waals surface area contributed by atoms with E-state index in [0.717, 1.165) is 12.1 Å². The van der Waals surface area contributed by atoms with E-state index in [1.807, 2.05) is 6.08 Å². The van der Waals surface area contributed by atoms with Crippen molar-refractivity contribution in [1.29, 1.82) is 0 Å². The molecule has 0 bridgehead atoms. The molecule has 0 aromatic carbocycles. The molecule has 0 aliphatic heterocycles. The molecule has 1 aliphatic rings. The second kappa shape index (κ2) is 1.83. The Balaban J connectivity index is 2.17. The van der Waals surface area contributed by atoms with E-state index in [0.29, 0.717) is 0 Å². The maximum atomic E-state index is 10.2. The van der Waals surface area contributed by atoms with Gasteiger partial charge in [-0.2, -0.15) is 5.90 Å². The number of amides is 1. The van der Waals surface area contributed by atoms with Gasteiger partial charge in [-0.15, -0.1) is 0 Å². The normalized spacial score (nSPS) is 14.4. The quantitative estimate of drug-likeness (QED) is 0.467. The van der Waals surface area contributed by atoms with Crippen molar-refractivity contribution in [3.63, 3.8) is 0 Å². The van der Waals surface area contributed by atoms with Gasteiger partial charge in [-0.05, 0) is 0 Å². The van der Waals surface area contributed by atoms with Gasteiger partial charge in [-0.1, -0.05) is 6.08 Å². The third-order valence-electron chi connectivity index (χ3n) is 0.778. The zero-order chi connectivity index (χ0) is 5.98. The lowest BCUT2D eigenvalue weighted by Gasteiger charge is -1.93. The van der Waals surface area contributed by atoms with E-state index in [1.54, 1.807) is 0 Å². The average Bonchev–Trinajstić information content (AvgIpc) is 2.50. The van der Waals surface area contributed by atoms with Crippen molar-refractivity contribution in [2.75, 3.05) is 0 Å². The first-order valence-electron chi connectivity index (χ1n) is 2.19. The average molecular weight is 114 g/mol. The lowest BCUT2D eigenvalue weighted by Crippen LogP contribution is -2.22. The molecule has 0 aromatic heterocycles. The van der Waals surface area contributed by atoms with Gasteiger partial charge >= 0.3 is 6.09 Å². The van der Waals surface area contributed by atoms with E-state index in [9.17, 15) is 4.79 Å². The second-order valence-electron chi connectivity index (χ2n) is 1.46. The Bertz CT molecular complexity index is 141. The van der Waals surface area contributed by atoms with Crippen LogP contribution in [0.1, 0.15) is 6.42 Å². The van der Waals surface area contributed by atoms with Gasteiger partial charge in [0, 0.05) is 12.1 Å². The van der Waals surface area contributed by atoms with Crippen LogP contribution in [0.2, 0.25) is 0 Å². The smallest absolute Gasteiger partial charge is 0.357 e. The molecule has 3 N–H and O–H groups in total. The molecule has 0 saturated heterocycles. The second-order valence-corrected chi connectivity index (χ2v) is 1.46. The van der Waals surface area contributed by atoms with Gasteiger partial charge in [-0.25, -0.2) is 4.79 Å². The lowest BCUT2D eigenvalue weighted by atomic mass is 10.8. The van der Waals surface area contributed by atoms with Gasteiger partial charge in [0.1, 0.15) is 0 Å². The largest absolute Gasteiger partial charge is 0.430 e. The summed E-state index contributed by atoms with van der Waals surface area (Å²) >= 11 is 0. The molecule has 0 fully saturated rings. The highest BCUT2D eigenvalue weighted by Crippen LogP contribution is 2.12. The summed E-state index contributed by atoms with van der Waals surface area (Å²) in [6.07, 6.45) is 2.10. The van der Waals surface area contributed by atoms with Crippen LogP contribution in [0.5, 0.6) is 0 Å².